The molecular formula is C9H15NOS. The number of benzene rings is 1. The van der Waals surface area contributed by atoms with E-state index in [-0.39, 0.29) is 0 Å². The van der Waals surface area contributed by atoms with Crippen LogP contribution in [0, 0.1) is 6.92 Å². The van der Waals surface area contributed by atoms with Gasteiger partial charge in [-0.1, -0.05) is 19.9 Å². The summed E-state index contributed by atoms with van der Waals surface area (Å²) in [7, 11) is 0. The van der Waals surface area contributed by atoms with Gasteiger partial charge in [0.2, 0.25) is 0 Å². The topological polar surface area (TPSA) is 46.2 Å². The van der Waals surface area contributed by atoms with Crippen molar-refractivity contribution in [3.8, 4) is 0 Å². The highest BCUT2D eigenvalue weighted by Crippen LogP contribution is 2.21. The average molecular weight is 185 g/mol. The Morgan fingerprint density at radius 2 is 1.92 bits per heavy atom. The van der Waals surface area contributed by atoms with Crippen LogP contribution in [0.3, 0.4) is 0 Å². The number of nitrogen functional groups attached to an aromatic ring is 1. The Hall–Kier alpha value is -0.670. The van der Waals surface area contributed by atoms with E-state index >= 15 is 0 Å². The van der Waals surface area contributed by atoms with Crippen LogP contribution in [0.4, 0.5) is 5.69 Å². The van der Waals surface area contributed by atoms with Crippen molar-refractivity contribution in [1.82, 2.24) is 0 Å². The Morgan fingerprint density at radius 1 is 1.33 bits per heavy atom. The highest BCUT2D eigenvalue weighted by molar-refractivity contribution is 7.93. The summed E-state index contributed by atoms with van der Waals surface area (Å²) in [6.07, 6.45) is 0. The Bertz CT molecular complexity index is 238. The normalized spacial score (nSPS) is 8.67. The van der Waals surface area contributed by atoms with Crippen LogP contribution in [-0.2, 0) is 0 Å². The number of rotatable bonds is 1. The Labute approximate surface area is 78.0 Å². The van der Waals surface area contributed by atoms with E-state index in [4.69, 9.17) is 10.3 Å². The fourth-order valence-corrected chi connectivity index (χ4v) is 1.12. The van der Waals surface area contributed by atoms with E-state index in [1.807, 2.05) is 32.9 Å². The van der Waals surface area contributed by atoms with E-state index < -0.39 is 0 Å². The first kappa shape index (κ1) is 11.3. The lowest BCUT2D eigenvalue weighted by Crippen LogP contribution is -1.86. The van der Waals surface area contributed by atoms with Crippen LogP contribution in [0.1, 0.15) is 19.4 Å². The maximum atomic E-state index is 8.70. The van der Waals surface area contributed by atoms with Crippen molar-refractivity contribution in [3.63, 3.8) is 0 Å². The summed E-state index contributed by atoms with van der Waals surface area (Å²) in [5.41, 5.74) is 7.20. The molecule has 0 aliphatic heterocycles. The van der Waals surface area contributed by atoms with Crippen molar-refractivity contribution < 1.29 is 4.55 Å². The number of anilines is 1. The molecule has 68 valence electrons. The van der Waals surface area contributed by atoms with Gasteiger partial charge in [-0.05, 0) is 24.6 Å². The van der Waals surface area contributed by atoms with Crippen molar-refractivity contribution in [3.05, 3.63) is 23.8 Å². The van der Waals surface area contributed by atoms with Gasteiger partial charge >= 0.3 is 0 Å². The van der Waals surface area contributed by atoms with E-state index in [0.29, 0.717) is 5.69 Å². The van der Waals surface area contributed by atoms with Gasteiger partial charge in [0.25, 0.3) is 0 Å². The molecule has 2 nitrogen and oxygen atoms in total. The number of nitrogens with two attached hydrogens (primary N) is 1. The minimum Gasteiger partial charge on any atom is -0.399 e. The summed E-state index contributed by atoms with van der Waals surface area (Å²) in [4.78, 5) is 0.819. The fourth-order valence-electron chi connectivity index (χ4n) is 0.715. The molecule has 0 amide bonds. The lowest BCUT2D eigenvalue weighted by Gasteiger charge is -2.00. The molecule has 0 saturated heterocycles. The summed E-state index contributed by atoms with van der Waals surface area (Å²) < 4.78 is 8.70. The Kier molecular flexibility index (Phi) is 5.58. The van der Waals surface area contributed by atoms with Crippen molar-refractivity contribution in [1.29, 1.82) is 0 Å². The summed E-state index contributed by atoms with van der Waals surface area (Å²) >= 11 is 0.730. The molecule has 0 aliphatic rings. The molecule has 0 bridgehead atoms. The zero-order valence-electron chi connectivity index (χ0n) is 7.66. The van der Waals surface area contributed by atoms with Gasteiger partial charge in [0.15, 0.2) is 0 Å². The van der Waals surface area contributed by atoms with Crippen molar-refractivity contribution in [2.75, 3.05) is 5.73 Å². The SMILES string of the molecule is CC.Cc1ccc(N)cc1SO. The van der Waals surface area contributed by atoms with Crippen LogP contribution in [0.5, 0.6) is 0 Å². The molecular weight excluding hydrogens is 170 g/mol. The molecule has 1 rings (SSSR count). The summed E-state index contributed by atoms with van der Waals surface area (Å²) in [5.74, 6) is 0. The van der Waals surface area contributed by atoms with Gasteiger partial charge in [-0.3, -0.25) is 0 Å². The molecule has 0 saturated carbocycles. The summed E-state index contributed by atoms with van der Waals surface area (Å²) in [6.45, 7) is 5.93. The monoisotopic (exact) mass is 185 g/mol. The second kappa shape index (κ2) is 5.91. The summed E-state index contributed by atoms with van der Waals surface area (Å²) in [6, 6.07) is 5.45. The third-order valence-corrected chi connectivity index (χ3v) is 1.95. The van der Waals surface area contributed by atoms with E-state index in [2.05, 4.69) is 0 Å². The molecule has 1 aromatic rings. The molecule has 3 N–H and O–H groups in total. The molecule has 0 radical (unpaired) electrons. The first-order valence-corrected chi connectivity index (χ1v) is 4.69. The zero-order valence-corrected chi connectivity index (χ0v) is 8.48. The first-order valence-electron chi connectivity index (χ1n) is 3.91. The Morgan fingerprint density at radius 3 is 2.33 bits per heavy atom. The minimum absolute atomic E-state index is 0.683. The van der Waals surface area contributed by atoms with E-state index in [1.54, 1.807) is 6.07 Å². The molecule has 1 aromatic carbocycles. The molecule has 0 heterocycles. The minimum atomic E-state index is 0.683. The van der Waals surface area contributed by atoms with Crippen LogP contribution in [0.25, 0.3) is 0 Å². The molecule has 0 atom stereocenters. The lowest BCUT2D eigenvalue weighted by molar-refractivity contribution is 0.663. The van der Waals surface area contributed by atoms with Crippen LogP contribution in [0.2, 0.25) is 0 Å². The second-order valence-corrected chi connectivity index (χ2v) is 2.74. The zero-order chi connectivity index (χ0) is 9.56. The molecule has 0 fully saturated rings. The van der Waals surface area contributed by atoms with Crippen molar-refractivity contribution in [2.24, 2.45) is 0 Å². The quantitative estimate of drug-likeness (QED) is 0.522. The molecule has 0 spiro atoms. The molecule has 0 unspecified atom stereocenters. The highest BCUT2D eigenvalue weighted by Gasteiger charge is 1.96. The third kappa shape index (κ3) is 3.15. The van der Waals surface area contributed by atoms with Crippen LogP contribution >= 0.6 is 12.0 Å². The predicted octanol–water partition coefficient (Wildman–Crippen LogP) is 3.17. The molecule has 0 aromatic heterocycles. The predicted molar refractivity (Wildman–Crippen MR) is 55.4 cm³/mol. The third-order valence-electron chi connectivity index (χ3n) is 1.31. The van der Waals surface area contributed by atoms with E-state index in [1.165, 1.54) is 0 Å². The Balaban J connectivity index is 0.000000561. The molecule has 12 heavy (non-hydrogen) atoms. The number of aryl methyl sites for hydroxylation is 1. The van der Waals surface area contributed by atoms with Gasteiger partial charge in [0, 0.05) is 22.6 Å². The molecule has 3 heteroatoms. The van der Waals surface area contributed by atoms with Gasteiger partial charge in [0.05, 0.1) is 0 Å². The first-order chi connectivity index (χ1) is 5.74. The van der Waals surface area contributed by atoms with E-state index in [9.17, 15) is 0 Å². The van der Waals surface area contributed by atoms with Gasteiger partial charge in [0.1, 0.15) is 0 Å². The van der Waals surface area contributed by atoms with Crippen molar-refractivity contribution in [2.45, 2.75) is 25.7 Å². The fraction of sp³-hybridized carbons (Fsp3) is 0.333. The average Bonchev–Trinajstić information content (AvgIpc) is 2.13. The highest BCUT2D eigenvalue weighted by atomic mass is 32.2. The lowest BCUT2D eigenvalue weighted by atomic mass is 10.2. The molecule has 0 aliphatic carbocycles. The van der Waals surface area contributed by atoms with Gasteiger partial charge < -0.3 is 10.3 Å². The summed E-state index contributed by atoms with van der Waals surface area (Å²) in [5, 5.41) is 0. The maximum absolute atomic E-state index is 8.70. The van der Waals surface area contributed by atoms with Gasteiger partial charge in [-0.2, -0.15) is 0 Å². The van der Waals surface area contributed by atoms with Crippen LogP contribution in [-0.4, -0.2) is 4.55 Å². The largest absolute Gasteiger partial charge is 0.399 e. The van der Waals surface area contributed by atoms with E-state index in [0.717, 1.165) is 22.5 Å². The van der Waals surface area contributed by atoms with Crippen LogP contribution < -0.4 is 5.73 Å². The van der Waals surface area contributed by atoms with Gasteiger partial charge in [-0.15, -0.1) is 0 Å². The van der Waals surface area contributed by atoms with Crippen LogP contribution in [0.15, 0.2) is 23.1 Å². The second-order valence-electron chi connectivity index (χ2n) is 2.12. The number of hydrogen-bond acceptors (Lipinski definition) is 3. The maximum Gasteiger partial charge on any atom is 0.0400 e. The van der Waals surface area contributed by atoms with Gasteiger partial charge in [-0.25, -0.2) is 0 Å². The smallest absolute Gasteiger partial charge is 0.0400 e. The van der Waals surface area contributed by atoms with Crippen molar-refractivity contribution >= 4 is 17.7 Å². The standard InChI is InChI=1S/C7H9NOS.C2H6/c1-5-2-3-6(8)4-7(5)10-9;1-2/h2-4,9H,8H2,1H3;1-2H3. The number of hydrogen-bond donors (Lipinski definition) is 2.